The molecule has 430 valence electrons. The number of carbonyl (C=O) groups is 3. The molecule has 0 bridgehead atoms. The van der Waals surface area contributed by atoms with Gasteiger partial charge in [-0.05, 0) is 135 Å². The maximum Gasteiger partial charge on any atom is 0.306 e. The van der Waals surface area contributed by atoms with E-state index in [4.69, 9.17) is 14.2 Å². The third-order valence-electron chi connectivity index (χ3n) is 12.9. The van der Waals surface area contributed by atoms with Gasteiger partial charge in [0.1, 0.15) is 13.2 Å². The highest BCUT2D eigenvalue weighted by atomic mass is 16.6. The molecular formula is C70H114O6. The number of hydrogen-bond acceptors (Lipinski definition) is 6. The molecule has 0 fully saturated rings. The standard InChI is InChI=1S/C70H114O6/c1-4-7-10-13-16-19-22-25-28-31-34-35-37-39-42-45-48-51-54-57-60-63-69(72)75-66-67(65-74-68(71)62-59-56-53-50-47-44-41-38-33-30-27-24-21-18-15-12-9-6-3)76-70(73)64-61-58-55-52-49-46-43-40-36-32-29-26-23-20-17-14-11-8-5-2/h7-8,10-11,16-17,19-20,25-26,28-30,33-36,39-40,42,46,49,67H,4-6,9,12-15,18,21-24,27,31-32,37-38,41,43-45,47-48,50-66H2,1-3H3/b10-7-,11-8-,19-16-,20-17-,28-25-,29-26-,33-30-,35-34-,40-36-,42-39-,49-46-. The van der Waals surface area contributed by atoms with E-state index in [-0.39, 0.29) is 37.5 Å². The van der Waals surface area contributed by atoms with Crippen LogP contribution in [0.15, 0.2) is 134 Å². The number of hydrogen-bond donors (Lipinski definition) is 0. The van der Waals surface area contributed by atoms with E-state index in [1.807, 2.05) is 0 Å². The molecule has 0 heterocycles. The first-order chi connectivity index (χ1) is 37.5. The van der Waals surface area contributed by atoms with Crippen LogP contribution >= 0.6 is 0 Å². The minimum atomic E-state index is -0.812. The highest BCUT2D eigenvalue weighted by molar-refractivity contribution is 5.71. The summed E-state index contributed by atoms with van der Waals surface area (Å²) in [5, 5.41) is 0. The minimum absolute atomic E-state index is 0.104. The topological polar surface area (TPSA) is 78.9 Å². The van der Waals surface area contributed by atoms with Crippen LogP contribution in [0.4, 0.5) is 0 Å². The fourth-order valence-corrected chi connectivity index (χ4v) is 8.25. The van der Waals surface area contributed by atoms with Crippen molar-refractivity contribution in [3.8, 4) is 0 Å². The molecular weight excluding hydrogens is 937 g/mol. The fraction of sp³-hybridized carbons (Fsp3) is 0.643. The predicted octanol–water partition coefficient (Wildman–Crippen LogP) is 21.4. The van der Waals surface area contributed by atoms with E-state index < -0.39 is 6.10 Å². The molecule has 0 aliphatic heterocycles. The average Bonchev–Trinajstić information content (AvgIpc) is 3.42. The van der Waals surface area contributed by atoms with Crippen LogP contribution in [0.2, 0.25) is 0 Å². The molecule has 6 heteroatoms. The Morgan fingerprint density at radius 2 is 0.513 bits per heavy atom. The summed E-state index contributed by atoms with van der Waals surface area (Å²) in [5.41, 5.74) is 0. The zero-order valence-electron chi connectivity index (χ0n) is 49.2. The zero-order valence-corrected chi connectivity index (χ0v) is 49.2. The van der Waals surface area contributed by atoms with Crippen LogP contribution in [0, 0.1) is 0 Å². The van der Waals surface area contributed by atoms with Gasteiger partial charge in [0.2, 0.25) is 0 Å². The summed E-state index contributed by atoms with van der Waals surface area (Å²) in [6, 6.07) is 0. The van der Waals surface area contributed by atoms with Crippen molar-refractivity contribution in [2.24, 2.45) is 0 Å². The highest BCUT2D eigenvalue weighted by Crippen LogP contribution is 2.14. The molecule has 1 atom stereocenters. The van der Waals surface area contributed by atoms with Crippen LogP contribution in [0.25, 0.3) is 0 Å². The molecule has 0 amide bonds. The number of ether oxygens (including phenoxy) is 3. The van der Waals surface area contributed by atoms with Crippen LogP contribution in [0.5, 0.6) is 0 Å². The quantitative estimate of drug-likeness (QED) is 0.0261. The predicted molar refractivity (Wildman–Crippen MR) is 329 cm³/mol. The van der Waals surface area contributed by atoms with E-state index in [2.05, 4.69) is 154 Å². The lowest BCUT2D eigenvalue weighted by Gasteiger charge is -2.18. The van der Waals surface area contributed by atoms with Crippen LogP contribution in [0.3, 0.4) is 0 Å². The molecule has 0 radical (unpaired) electrons. The maximum atomic E-state index is 12.9. The van der Waals surface area contributed by atoms with Gasteiger partial charge in [0.25, 0.3) is 0 Å². The molecule has 0 aromatic carbocycles. The van der Waals surface area contributed by atoms with Gasteiger partial charge in [0.05, 0.1) is 0 Å². The summed E-state index contributed by atoms with van der Waals surface area (Å²) in [6.07, 6.45) is 88.7. The third-order valence-corrected chi connectivity index (χ3v) is 12.9. The number of carbonyl (C=O) groups excluding carboxylic acids is 3. The van der Waals surface area contributed by atoms with E-state index in [0.717, 1.165) is 141 Å². The Balaban J connectivity index is 4.51. The van der Waals surface area contributed by atoms with Gasteiger partial charge in [-0.25, -0.2) is 0 Å². The van der Waals surface area contributed by atoms with E-state index in [0.29, 0.717) is 19.3 Å². The summed E-state index contributed by atoms with van der Waals surface area (Å²) < 4.78 is 16.9. The van der Waals surface area contributed by atoms with Crippen molar-refractivity contribution in [3.63, 3.8) is 0 Å². The van der Waals surface area contributed by atoms with Crippen molar-refractivity contribution in [2.75, 3.05) is 13.2 Å². The van der Waals surface area contributed by atoms with Crippen LogP contribution in [0.1, 0.15) is 271 Å². The van der Waals surface area contributed by atoms with Gasteiger partial charge in [0, 0.05) is 19.3 Å². The highest BCUT2D eigenvalue weighted by Gasteiger charge is 2.19. The molecule has 0 spiro atoms. The Morgan fingerprint density at radius 1 is 0.276 bits per heavy atom. The Bertz CT molecular complexity index is 1630. The normalized spacial score (nSPS) is 13.0. The van der Waals surface area contributed by atoms with E-state index in [1.165, 1.54) is 83.5 Å². The van der Waals surface area contributed by atoms with Gasteiger partial charge in [-0.15, -0.1) is 0 Å². The Labute approximate surface area is 468 Å². The lowest BCUT2D eigenvalue weighted by atomic mass is 10.1. The second-order valence-electron chi connectivity index (χ2n) is 20.2. The molecule has 0 rings (SSSR count). The number of allylic oxidation sites excluding steroid dienone is 22. The molecule has 0 saturated heterocycles. The monoisotopic (exact) mass is 1050 g/mol. The van der Waals surface area contributed by atoms with E-state index >= 15 is 0 Å². The van der Waals surface area contributed by atoms with Crippen molar-refractivity contribution in [2.45, 2.75) is 277 Å². The molecule has 0 aromatic heterocycles. The van der Waals surface area contributed by atoms with Crippen LogP contribution < -0.4 is 0 Å². The fourth-order valence-electron chi connectivity index (χ4n) is 8.25. The molecule has 0 aliphatic carbocycles. The Hall–Kier alpha value is -4.45. The zero-order chi connectivity index (χ0) is 55.0. The summed E-state index contributed by atoms with van der Waals surface area (Å²) in [6.45, 7) is 6.37. The van der Waals surface area contributed by atoms with Gasteiger partial charge < -0.3 is 14.2 Å². The second kappa shape index (κ2) is 63.1. The first kappa shape index (κ1) is 71.5. The molecule has 1 unspecified atom stereocenters. The Kier molecular flexibility index (Phi) is 59.4. The summed E-state index contributed by atoms with van der Waals surface area (Å²) in [5.74, 6) is -0.959. The number of unbranched alkanes of at least 4 members (excludes halogenated alkanes) is 22. The molecule has 76 heavy (non-hydrogen) atoms. The summed E-state index contributed by atoms with van der Waals surface area (Å²) in [7, 11) is 0. The van der Waals surface area contributed by atoms with Gasteiger partial charge in [-0.2, -0.15) is 0 Å². The third kappa shape index (κ3) is 60.4. The van der Waals surface area contributed by atoms with Crippen molar-refractivity contribution < 1.29 is 28.6 Å². The van der Waals surface area contributed by atoms with Gasteiger partial charge in [-0.3, -0.25) is 14.4 Å². The first-order valence-corrected chi connectivity index (χ1v) is 31.2. The lowest BCUT2D eigenvalue weighted by Crippen LogP contribution is -2.30. The molecule has 0 saturated carbocycles. The molecule has 0 aliphatic rings. The lowest BCUT2D eigenvalue weighted by molar-refractivity contribution is -0.167. The molecule has 6 nitrogen and oxygen atoms in total. The van der Waals surface area contributed by atoms with Crippen molar-refractivity contribution in [1.82, 2.24) is 0 Å². The van der Waals surface area contributed by atoms with E-state index in [1.54, 1.807) is 0 Å². The summed E-state index contributed by atoms with van der Waals surface area (Å²) >= 11 is 0. The molecule has 0 aromatic rings. The Morgan fingerprint density at radius 3 is 0.829 bits per heavy atom. The number of esters is 3. The minimum Gasteiger partial charge on any atom is -0.462 e. The van der Waals surface area contributed by atoms with Crippen LogP contribution in [-0.4, -0.2) is 37.2 Å². The van der Waals surface area contributed by atoms with Crippen molar-refractivity contribution in [1.29, 1.82) is 0 Å². The van der Waals surface area contributed by atoms with E-state index in [9.17, 15) is 14.4 Å². The van der Waals surface area contributed by atoms with Gasteiger partial charge in [-0.1, -0.05) is 251 Å². The number of rotatable bonds is 55. The second-order valence-corrected chi connectivity index (χ2v) is 20.2. The first-order valence-electron chi connectivity index (χ1n) is 31.2. The van der Waals surface area contributed by atoms with Crippen LogP contribution in [-0.2, 0) is 28.6 Å². The summed E-state index contributed by atoms with van der Waals surface area (Å²) in [4.78, 5) is 38.3. The largest absolute Gasteiger partial charge is 0.462 e. The smallest absolute Gasteiger partial charge is 0.306 e. The average molecular weight is 1050 g/mol. The van der Waals surface area contributed by atoms with Gasteiger partial charge >= 0.3 is 17.9 Å². The SMILES string of the molecule is CC/C=C\C/C=C\C/C=C\C/C=C\C/C=C\CCCCCCCC(=O)OCC(COC(=O)CCCCCCCCC/C=C\CCCCCCCCC)OC(=O)CCCCC/C=C\C/C=C\C/C=C\C/C=C\C/C=C\CC. The van der Waals surface area contributed by atoms with Gasteiger partial charge in [0.15, 0.2) is 6.10 Å². The van der Waals surface area contributed by atoms with Crippen molar-refractivity contribution in [3.05, 3.63) is 134 Å². The maximum absolute atomic E-state index is 12.9. The molecule has 0 N–H and O–H groups in total. The van der Waals surface area contributed by atoms with Crippen molar-refractivity contribution >= 4 is 17.9 Å².